The van der Waals surface area contributed by atoms with Gasteiger partial charge >= 0.3 is 0 Å². The third-order valence-electron chi connectivity index (χ3n) is 3.45. The molecule has 0 bridgehead atoms. The summed E-state index contributed by atoms with van der Waals surface area (Å²) in [5.41, 5.74) is 2.68. The summed E-state index contributed by atoms with van der Waals surface area (Å²) in [4.78, 5) is 4.11. The molecule has 2 aromatic rings. The van der Waals surface area contributed by atoms with Crippen LogP contribution in [-0.4, -0.2) is 31.9 Å². The van der Waals surface area contributed by atoms with Crippen LogP contribution in [0.3, 0.4) is 0 Å². The molecule has 2 heterocycles. The molecule has 0 aliphatic heterocycles. The topological polar surface area (TPSA) is 73.8 Å². The van der Waals surface area contributed by atoms with E-state index in [1.54, 1.807) is 25.5 Å². The van der Waals surface area contributed by atoms with E-state index in [1.807, 2.05) is 26.0 Å². The monoisotopic (exact) mass is 260 g/mol. The lowest BCUT2D eigenvalue weighted by Gasteiger charge is -2.29. The molecule has 0 saturated heterocycles. The van der Waals surface area contributed by atoms with Crippen molar-refractivity contribution in [1.29, 1.82) is 0 Å². The maximum Gasteiger partial charge on any atom is 0.0710 e. The highest BCUT2D eigenvalue weighted by Crippen LogP contribution is 2.20. The van der Waals surface area contributed by atoms with Crippen LogP contribution < -0.4 is 5.32 Å². The molecule has 0 fully saturated rings. The van der Waals surface area contributed by atoms with E-state index >= 15 is 0 Å². The molecule has 2 rings (SSSR count). The van der Waals surface area contributed by atoms with Gasteiger partial charge in [-0.1, -0.05) is 0 Å². The van der Waals surface area contributed by atoms with Crippen molar-refractivity contribution >= 4 is 0 Å². The predicted molar refractivity (Wildman–Crippen MR) is 74.4 cm³/mol. The Bertz CT molecular complexity index is 519. The van der Waals surface area contributed by atoms with Gasteiger partial charge in [0.1, 0.15) is 0 Å². The fourth-order valence-electron chi connectivity index (χ4n) is 1.68. The lowest BCUT2D eigenvalue weighted by Crippen LogP contribution is -2.47. The molecular weight excluding hydrogens is 240 g/mol. The van der Waals surface area contributed by atoms with Crippen LogP contribution in [0, 0.1) is 0 Å². The van der Waals surface area contributed by atoms with Crippen molar-refractivity contribution < 1.29 is 5.11 Å². The van der Waals surface area contributed by atoms with Crippen molar-refractivity contribution in [3.05, 3.63) is 36.3 Å². The summed E-state index contributed by atoms with van der Waals surface area (Å²) in [7, 11) is 0. The normalized spacial score (nSPS) is 13.5. The molecule has 0 aliphatic carbocycles. The predicted octanol–water partition coefficient (Wildman–Crippen LogP) is 1.72. The number of aliphatic hydroxyl groups excluding tert-OH is 1. The Labute approximate surface area is 113 Å². The van der Waals surface area contributed by atoms with Gasteiger partial charge in [-0.25, -0.2) is 0 Å². The van der Waals surface area contributed by atoms with E-state index in [0.717, 1.165) is 16.8 Å². The van der Waals surface area contributed by atoms with Crippen molar-refractivity contribution in [1.82, 2.24) is 20.5 Å². The summed E-state index contributed by atoms with van der Waals surface area (Å²) in [6, 6.07) is 3.89. The van der Waals surface area contributed by atoms with Crippen LogP contribution in [-0.2, 0) is 6.54 Å². The molecule has 0 amide bonds. The van der Waals surface area contributed by atoms with E-state index in [4.69, 9.17) is 0 Å². The van der Waals surface area contributed by atoms with Crippen molar-refractivity contribution in [3.63, 3.8) is 0 Å². The molecule has 0 spiro atoms. The Morgan fingerprint density at radius 1 is 1.42 bits per heavy atom. The van der Waals surface area contributed by atoms with Crippen LogP contribution in [0.5, 0.6) is 0 Å². The van der Waals surface area contributed by atoms with Crippen LogP contribution in [0.15, 0.2) is 30.7 Å². The maximum absolute atomic E-state index is 9.70. The van der Waals surface area contributed by atoms with Gasteiger partial charge in [-0.05, 0) is 32.9 Å². The van der Waals surface area contributed by atoms with Crippen molar-refractivity contribution in [2.24, 2.45) is 0 Å². The molecule has 5 nitrogen and oxygen atoms in total. The third-order valence-corrected chi connectivity index (χ3v) is 3.45. The van der Waals surface area contributed by atoms with Crippen LogP contribution in [0.2, 0.25) is 0 Å². The smallest absolute Gasteiger partial charge is 0.0710 e. The summed E-state index contributed by atoms with van der Waals surface area (Å²) in [5, 5.41) is 20.1. The van der Waals surface area contributed by atoms with Gasteiger partial charge in [-0.3, -0.25) is 10.1 Å². The number of H-pyrrole nitrogens is 1. The number of nitrogens with one attached hydrogen (secondary N) is 2. The van der Waals surface area contributed by atoms with E-state index in [2.05, 4.69) is 20.5 Å². The second kappa shape index (κ2) is 5.50. The summed E-state index contributed by atoms with van der Waals surface area (Å²) in [6.45, 7) is 6.37. The van der Waals surface area contributed by atoms with Gasteiger partial charge in [0.15, 0.2) is 0 Å². The number of rotatable bonds is 5. The Balaban J connectivity index is 2.13. The first-order valence-corrected chi connectivity index (χ1v) is 6.36. The van der Waals surface area contributed by atoms with Gasteiger partial charge < -0.3 is 10.4 Å². The Morgan fingerprint density at radius 3 is 2.84 bits per heavy atom. The number of aromatic nitrogens is 3. The van der Waals surface area contributed by atoms with Crippen LogP contribution in [0.4, 0.5) is 0 Å². The average Bonchev–Trinajstić information content (AvgIpc) is 2.85. The van der Waals surface area contributed by atoms with E-state index in [-0.39, 0.29) is 5.54 Å². The lowest BCUT2D eigenvalue weighted by atomic mass is 9.98. The molecule has 0 radical (unpaired) electrons. The number of pyridine rings is 1. The minimum Gasteiger partial charge on any atom is -0.392 e. The maximum atomic E-state index is 9.70. The van der Waals surface area contributed by atoms with Gasteiger partial charge in [0.05, 0.1) is 18.0 Å². The van der Waals surface area contributed by atoms with Crippen LogP contribution in [0.1, 0.15) is 26.3 Å². The van der Waals surface area contributed by atoms with Crippen molar-refractivity contribution in [2.45, 2.75) is 39.0 Å². The fourth-order valence-corrected chi connectivity index (χ4v) is 1.68. The number of aliphatic hydroxyl groups is 1. The van der Waals surface area contributed by atoms with E-state index in [1.165, 1.54) is 0 Å². The molecule has 1 atom stereocenters. The summed E-state index contributed by atoms with van der Waals surface area (Å²) >= 11 is 0. The van der Waals surface area contributed by atoms with Crippen molar-refractivity contribution in [2.75, 3.05) is 0 Å². The van der Waals surface area contributed by atoms with Crippen molar-refractivity contribution in [3.8, 4) is 11.3 Å². The molecule has 5 heteroatoms. The van der Waals surface area contributed by atoms with E-state index in [9.17, 15) is 5.11 Å². The first kappa shape index (κ1) is 13.7. The zero-order valence-electron chi connectivity index (χ0n) is 11.5. The third kappa shape index (κ3) is 3.19. The molecule has 102 valence electrons. The fraction of sp³-hybridized carbons (Fsp3) is 0.429. The van der Waals surface area contributed by atoms with Gasteiger partial charge in [0, 0.05) is 35.6 Å². The highest BCUT2D eigenvalue weighted by atomic mass is 16.3. The van der Waals surface area contributed by atoms with Gasteiger partial charge in [0.25, 0.3) is 0 Å². The molecule has 0 aliphatic rings. The van der Waals surface area contributed by atoms with Crippen LogP contribution >= 0.6 is 0 Å². The highest BCUT2D eigenvalue weighted by Gasteiger charge is 2.23. The van der Waals surface area contributed by atoms with Gasteiger partial charge in [-0.15, -0.1) is 0 Å². The average molecular weight is 260 g/mol. The molecule has 0 aromatic carbocycles. The largest absolute Gasteiger partial charge is 0.392 e. The van der Waals surface area contributed by atoms with E-state index < -0.39 is 6.10 Å². The summed E-state index contributed by atoms with van der Waals surface area (Å²) < 4.78 is 0. The molecular formula is C14H20N4O. The Morgan fingerprint density at radius 2 is 2.21 bits per heavy atom. The van der Waals surface area contributed by atoms with Gasteiger partial charge in [-0.2, -0.15) is 5.10 Å². The summed E-state index contributed by atoms with van der Waals surface area (Å²) in [5.74, 6) is 0. The van der Waals surface area contributed by atoms with E-state index in [0.29, 0.717) is 6.54 Å². The zero-order valence-corrected chi connectivity index (χ0v) is 11.5. The number of nitrogens with zero attached hydrogens (tertiary/aromatic N) is 2. The Hall–Kier alpha value is -1.72. The number of aromatic amines is 1. The highest BCUT2D eigenvalue weighted by molar-refractivity contribution is 5.61. The molecule has 1 unspecified atom stereocenters. The zero-order chi connectivity index (χ0) is 13.9. The first-order valence-electron chi connectivity index (χ1n) is 6.36. The SMILES string of the molecule is CC(O)C(C)(C)NCc1cn[nH]c1-c1cccnc1. The van der Waals surface area contributed by atoms with Crippen LogP contribution in [0.25, 0.3) is 11.3 Å². The molecule has 2 aromatic heterocycles. The molecule has 0 saturated carbocycles. The first-order chi connectivity index (χ1) is 9.00. The standard InChI is InChI=1S/C14H20N4O/c1-10(19)14(2,3)16-8-12-9-17-18-13(12)11-5-4-6-15-7-11/h4-7,9-10,16,19H,8H2,1-3H3,(H,17,18). The minimum atomic E-state index is -0.429. The lowest BCUT2D eigenvalue weighted by molar-refractivity contribution is 0.0957. The van der Waals surface area contributed by atoms with Gasteiger partial charge in [0.2, 0.25) is 0 Å². The Kier molecular flexibility index (Phi) is 3.97. The number of hydrogen-bond donors (Lipinski definition) is 3. The minimum absolute atomic E-state index is 0.344. The summed E-state index contributed by atoms with van der Waals surface area (Å²) in [6.07, 6.45) is 4.92. The quantitative estimate of drug-likeness (QED) is 0.765. The molecule has 19 heavy (non-hydrogen) atoms. The number of hydrogen-bond acceptors (Lipinski definition) is 4. The molecule has 3 N–H and O–H groups in total. The second-order valence-electron chi connectivity index (χ2n) is 5.26. The second-order valence-corrected chi connectivity index (χ2v) is 5.26.